The molecule has 0 aliphatic heterocycles. The third-order valence-electron chi connectivity index (χ3n) is 1.79. The number of allylic oxidation sites excluding steroid dienone is 2. The molecule has 0 unspecified atom stereocenters. The van der Waals surface area contributed by atoms with Gasteiger partial charge in [0.25, 0.3) is 6.26 Å². The molecule has 0 amide bonds. The molecular weight excluding hydrogens is 178 g/mol. The molecule has 0 atom stereocenters. The van der Waals surface area contributed by atoms with E-state index >= 15 is 0 Å². The summed E-state index contributed by atoms with van der Waals surface area (Å²) in [6.45, 7) is 1.80. The quantitative estimate of drug-likeness (QED) is 0.414. The minimum absolute atomic E-state index is 0.470. The molecule has 1 rings (SSSR count). The fourth-order valence-corrected chi connectivity index (χ4v) is 1.07. The van der Waals surface area contributed by atoms with Crippen molar-refractivity contribution in [1.29, 1.82) is 5.26 Å². The van der Waals surface area contributed by atoms with Crippen molar-refractivity contribution in [3.8, 4) is 12.0 Å². The van der Waals surface area contributed by atoms with Gasteiger partial charge in [-0.05, 0) is 24.6 Å². The van der Waals surface area contributed by atoms with Gasteiger partial charge >= 0.3 is 0 Å². The molecule has 70 valence electrons. The van der Waals surface area contributed by atoms with Crippen LogP contribution in [0, 0.1) is 11.5 Å². The SMILES string of the molecule is CC=C(C=O)c1ccc(OC#N)cc1. The summed E-state index contributed by atoms with van der Waals surface area (Å²) in [5, 5.41) is 8.25. The normalized spacial score (nSPS) is 10.4. The maximum Gasteiger partial charge on any atom is 0.292 e. The molecule has 0 bridgehead atoms. The number of carbonyl (C=O) groups excluding carboxylic acids is 1. The number of carbonyl (C=O) groups is 1. The summed E-state index contributed by atoms with van der Waals surface area (Å²) in [4.78, 5) is 10.6. The Balaban J connectivity index is 2.94. The van der Waals surface area contributed by atoms with Gasteiger partial charge in [0.1, 0.15) is 12.0 Å². The lowest BCUT2D eigenvalue weighted by molar-refractivity contribution is -0.103. The highest BCUT2D eigenvalue weighted by Crippen LogP contribution is 2.17. The summed E-state index contributed by atoms with van der Waals surface area (Å²) in [6, 6.07) is 6.75. The molecule has 0 radical (unpaired) electrons. The van der Waals surface area contributed by atoms with Crippen molar-refractivity contribution in [2.75, 3.05) is 0 Å². The monoisotopic (exact) mass is 187 g/mol. The van der Waals surface area contributed by atoms with Gasteiger partial charge in [-0.1, -0.05) is 18.2 Å². The lowest BCUT2D eigenvalue weighted by Gasteiger charge is -2.00. The van der Waals surface area contributed by atoms with Crippen molar-refractivity contribution < 1.29 is 9.53 Å². The van der Waals surface area contributed by atoms with Gasteiger partial charge in [-0.25, -0.2) is 0 Å². The first-order valence-corrected chi connectivity index (χ1v) is 4.09. The van der Waals surface area contributed by atoms with Gasteiger partial charge in [0.2, 0.25) is 0 Å². The smallest absolute Gasteiger partial charge is 0.292 e. The summed E-state index contributed by atoms with van der Waals surface area (Å²) >= 11 is 0. The first-order valence-electron chi connectivity index (χ1n) is 4.09. The first-order chi connectivity index (χ1) is 6.81. The molecule has 3 heteroatoms. The molecule has 0 spiro atoms. The van der Waals surface area contributed by atoms with Gasteiger partial charge in [0.15, 0.2) is 0 Å². The summed E-state index contributed by atoms with van der Waals surface area (Å²) in [5.74, 6) is 0.470. The molecule has 0 fully saturated rings. The topological polar surface area (TPSA) is 50.1 Å². The Bertz CT molecular complexity index is 385. The van der Waals surface area contributed by atoms with E-state index in [1.165, 1.54) is 0 Å². The molecule has 0 saturated heterocycles. The second kappa shape index (κ2) is 4.83. The van der Waals surface area contributed by atoms with Crippen LogP contribution in [0.2, 0.25) is 0 Å². The molecule has 3 nitrogen and oxygen atoms in total. The molecule has 0 aliphatic carbocycles. The zero-order valence-corrected chi connectivity index (χ0v) is 7.73. The van der Waals surface area contributed by atoms with Crippen LogP contribution in [0.5, 0.6) is 5.75 Å². The summed E-state index contributed by atoms with van der Waals surface area (Å²) in [6.07, 6.45) is 4.10. The summed E-state index contributed by atoms with van der Waals surface area (Å²) in [5.41, 5.74) is 1.43. The van der Waals surface area contributed by atoms with Crippen LogP contribution in [-0.4, -0.2) is 6.29 Å². The van der Waals surface area contributed by atoms with Crippen LogP contribution in [0.4, 0.5) is 0 Å². The predicted molar refractivity (Wildman–Crippen MR) is 52.4 cm³/mol. The average molecular weight is 187 g/mol. The van der Waals surface area contributed by atoms with E-state index < -0.39 is 0 Å². The highest BCUT2D eigenvalue weighted by Gasteiger charge is 1.99. The Morgan fingerprint density at radius 3 is 2.50 bits per heavy atom. The lowest BCUT2D eigenvalue weighted by Crippen LogP contribution is -1.86. The van der Waals surface area contributed by atoms with Gasteiger partial charge < -0.3 is 4.74 Å². The van der Waals surface area contributed by atoms with Gasteiger partial charge in [-0.15, -0.1) is 5.26 Å². The van der Waals surface area contributed by atoms with E-state index in [-0.39, 0.29) is 0 Å². The van der Waals surface area contributed by atoms with Crippen molar-refractivity contribution in [2.24, 2.45) is 0 Å². The molecule has 14 heavy (non-hydrogen) atoms. The Morgan fingerprint density at radius 1 is 1.43 bits per heavy atom. The Hall–Kier alpha value is -2.08. The maximum absolute atomic E-state index is 10.6. The number of nitrogens with zero attached hydrogens (tertiary/aromatic N) is 1. The number of hydrogen-bond donors (Lipinski definition) is 0. The molecule has 1 aromatic rings. The lowest BCUT2D eigenvalue weighted by atomic mass is 10.1. The van der Waals surface area contributed by atoms with Gasteiger partial charge in [0.05, 0.1) is 0 Å². The fourth-order valence-electron chi connectivity index (χ4n) is 1.07. The third kappa shape index (κ3) is 2.20. The molecular formula is C11H9NO2. The fraction of sp³-hybridized carbons (Fsp3) is 0.0909. The maximum atomic E-state index is 10.6. The highest BCUT2D eigenvalue weighted by molar-refractivity contribution is 6.06. The van der Waals surface area contributed by atoms with Crippen molar-refractivity contribution in [1.82, 2.24) is 0 Å². The molecule has 0 saturated carbocycles. The van der Waals surface area contributed by atoms with Crippen LogP contribution in [0.1, 0.15) is 12.5 Å². The van der Waals surface area contributed by atoms with Crippen LogP contribution in [0.25, 0.3) is 5.57 Å². The number of aldehydes is 1. The zero-order valence-electron chi connectivity index (χ0n) is 7.73. The summed E-state index contributed by atoms with van der Waals surface area (Å²) < 4.78 is 4.61. The van der Waals surface area contributed by atoms with E-state index in [1.54, 1.807) is 43.5 Å². The van der Waals surface area contributed by atoms with Gasteiger partial charge in [0, 0.05) is 5.57 Å². The number of rotatable bonds is 3. The Morgan fingerprint density at radius 2 is 2.07 bits per heavy atom. The van der Waals surface area contributed by atoms with Gasteiger partial charge in [-0.3, -0.25) is 4.79 Å². The number of ether oxygens (including phenoxy) is 1. The van der Waals surface area contributed by atoms with Crippen LogP contribution in [-0.2, 0) is 4.79 Å². The van der Waals surface area contributed by atoms with Gasteiger partial charge in [-0.2, -0.15) is 0 Å². The minimum atomic E-state index is 0.470. The summed E-state index contributed by atoms with van der Waals surface area (Å²) in [7, 11) is 0. The van der Waals surface area contributed by atoms with E-state index in [1.807, 2.05) is 0 Å². The largest absolute Gasteiger partial charge is 0.388 e. The van der Waals surface area contributed by atoms with E-state index in [2.05, 4.69) is 4.74 Å². The van der Waals surface area contributed by atoms with Crippen molar-refractivity contribution in [3.63, 3.8) is 0 Å². The Labute approximate surface area is 82.2 Å². The molecule has 0 aromatic heterocycles. The minimum Gasteiger partial charge on any atom is -0.388 e. The van der Waals surface area contributed by atoms with E-state index in [4.69, 9.17) is 5.26 Å². The second-order valence-electron chi connectivity index (χ2n) is 2.58. The van der Waals surface area contributed by atoms with Crippen LogP contribution in [0.15, 0.2) is 30.3 Å². The first kappa shape index (κ1) is 10.0. The van der Waals surface area contributed by atoms with E-state index in [0.29, 0.717) is 11.3 Å². The van der Waals surface area contributed by atoms with Crippen LogP contribution < -0.4 is 4.74 Å². The molecule has 0 heterocycles. The zero-order chi connectivity index (χ0) is 10.4. The molecule has 0 N–H and O–H groups in total. The highest BCUT2D eigenvalue weighted by atomic mass is 16.5. The Kier molecular flexibility index (Phi) is 3.45. The van der Waals surface area contributed by atoms with E-state index in [9.17, 15) is 4.79 Å². The van der Waals surface area contributed by atoms with Crippen molar-refractivity contribution >= 4 is 11.9 Å². The molecule has 0 aliphatic rings. The van der Waals surface area contributed by atoms with E-state index in [0.717, 1.165) is 11.8 Å². The average Bonchev–Trinajstić information content (AvgIpc) is 2.23. The third-order valence-corrected chi connectivity index (χ3v) is 1.79. The van der Waals surface area contributed by atoms with Crippen molar-refractivity contribution in [3.05, 3.63) is 35.9 Å². The van der Waals surface area contributed by atoms with Crippen LogP contribution in [0.3, 0.4) is 0 Å². The second-order valence-corrected chi connectivity index (χ2v) is 2.58. The molecule has 1 aromatic carbocycles. The van der Waals surface area contributed by atoms with Crippen molar-refractivity contribution in [2.45, 2.75) is 6.92 Å². The number of nitriles is 1. The van der Waals surface area contributed by atoms with Crippen LogP contribution >= 0.6 is 0 Å². The standard InChI is InChI=1S/C11H9NO2/c1-2-9(7-13)10-3-5-11(6-4-10)14-8-12/h2-7H,1H3. The predicted octanol–water partition coefficient (Wildman–Crippen LogP) is 2.15. The number of benzene rings is 1. The number of hydrogen-bond acceptors (Lipinski definition) is 3.